The smallest absolute Gasteiger partial charge is 0.164 e. The van der Waals surface area contributed by atoms with Crippen LogP contribution in [0.25, 0.3) is 0 Å². The van der Waals surface area contributed by atoms with Gasteiger partial charge in [0.05, 0.1) is 0 Å². The van der Waals surface area contributed by atoms with E-state index in [0.717, 1.165) is 43.6 Å². The van der Waals surface area contributed by atoms with Gasteiger partial charge < -0.3 is 10.0 Å². The van der Waals surface area contributed by atoms with Crippen molar-refractivity contribution in [2.24, 2.45) is 5.92 Å². The summed E-state index contributed by atoms with van der Waals surface area (Å²) >= 11 is 0. The minimum atomic E-state index is 0.240. The molecule has 1 aliphatic heterocycles. The number of carbonyl (C=O) groups is 1. The van der Waals surface area contributed by atoms with Crippen LogP contribution in [0.1, 0.15) is 35.2 Å². The molecule has 1 atom stereocenters. The van der Waals surface area contributed by atoms with Crippen molar-refractivity contribution in [2.75, 3.05) is 26.2 Å². The van der Waals surface area contributed by atoms with Crippen LogP contribution < -0.4 is 0 Å². The van der Waals surface area contributed by atoms with Crippen molar-refractivity contribution in [2.45, 2.75) is 26.2 Å². The molecule has 1 unspecified atom stereocenters. The van der Waals surface area contributed by atoms with Crippen molar-refractivity contribution in [3.8, 4) is 0 Å². The molecular formula is C16H23NO2. The summed E-state index contributed by atoms with van der Waals surface area (Å²) in [5.41, 5.74) is 1.92. The van der Waals surface area contributed by atoms with Gasteiger partial charge in [0.15, 0.2) is 5.78 Å². The van der Waals surface area contributed by atoms with E-state index in [1.807, 2.05) is 31.2 Å². The first-order chi connectivity index (χ1) is 9.20. The summed E-state index contributed by atoms with van der Waals surface area (Å²) in [5.74, 6) is 0.849. The molecule has 3 nitrogen and oxygen atoms in total. The number of hydrogen-bond donors (Lipinski definition) is 1. The lowest BCUT2D eigenvalue weighted by atomic mass is 10.0. The summed E-state index contributed by atoms with van der Waals surface area (Å²) in [4.78, 5) is 14.5. The van der Waals surface area contributed by atoms with Crippen molar-refractivity contribution in [3.05, 3.63) is 35.4 Å². The van der Waals surface area contributed by atoms with Crippen LogP contribution in [0.15, 0.2) is 24.3 Å². The third-order valence-electron chi connectivity index (χ3n) is 4.01. The minimum absolute atomic E-state index is 0.240. The third-order valence-corrected chi connectivity index (χ3v) is 4.01. The highest BCUT2D eigenvalue weighted by atomic mass is 16.3. The molecule has 0 saturated carbocycles. The molecule has 104 valence electrons. The van der Waals surface area contributed by atoms with E-state index in [-0.39, 0.29) is 12.4 Å². The average molecular weight is 261 g/mol. The number of Topliss-reactive ketones (excluding diaryl/α,β-unsaturated/α-hetero) is 1. The second-order valence-corrected chi connectivity index (χ2v) is 5.46. The average Bonchev–Trinajstić information content (AvgIpc) is 2.85. The molecular weight excluding hydrogens is 238 g/mol. The zero-order valence-electron chi connectivity index (χ0n) is 11.6. The van der Waals surface area contributed by atoms with Gasteiger partial charge in [-0.25, -0.2) is 0 Å². The molecule has 3 heteroatoms. The van der Waals surface area contributed by atoms with Crippen molar-refractivity contribution >= 4 is 5.78 Å². The number of likely N-dealkylation sites (tertiary alicyclic amines) is 1. The lowest BCUT2D eigenvalue weighted by Crippen LogP contribution is -2.24. The molecule has 19 heavy (non-hydrogen) atoms. The normalized spacial score (nSPS) is 19.8. The third kappa shape index (κ3) is 3.88. The molecule has 1 aliphatic rings. The Kier molecular flexibility index (Phi) is 5.11. The minimum Gasteiger partial charge on any atom is -0.396 e. The summed E-state index contributed by atoms with van der Waals surface area (Å²) < 4.78 is 0. The highest BCUT2D eigenvalue weighted by Gasteiger charge is 2.22. The van der Waals surface area contributed by atoms with E-state index >= 15 is 0 Å². The second-order valence-electron chi connectivity index (χ2n) is 5.46. The summed E-state index contributed by atoms with van der Waals surface area (Å²) in [6.45, 7) is 5.20. The topological polar surface area (TPSA) is 40.5 Å². The molecule has 0 radical (unpaired) electrons. The first-order valence-corrected chi connectivity index (χ1v) is 7.12. The molecule has 1 aromatic carbocycles. The molecule has 0 aliphatic carbocycles. The Morgan fingerprint density at radius 2 is 2.21 bits per heavy atom. The molecule has 1 fully saturated rings. The number of benzene rings is 1. The van der Waals surface area contributed by atoms with Crippen molar-refractivity contribution < 1.29 is 9.90 Å². The summed E-state index contributed by atoms with van der Waals surface area (Å²) in [6, 6.07) is 7.79. The first-order valence-electron chi connectivity index (χ1n) is 7.12. The van der Waals surface area contributed by atoms with Crippen LogP contribution in [0.3, 0.4) is 0 Å². The number of carbonyl (C=O) groups excluding carboxylic acids is 1. The molecule has 0 amide bonds. The number of hydrogen-bond acceptors (Lipinski definition) is 3. The molecule has 1 heterocycles. The zero-order valence-corrected chi connectivity index (χ0v) is 11.6. The van der Waals surface area contributed by atoms with Gasteiger partial charge >= 0.3 is 0 Å². The van der Waals surface area contributed by atoms with Gasteiger partial charge in [-0.2, -0.15) is 0 Å². The highest BCUT2D eigenvalue weighted by molar-refractivity contribution is 5.97. The maximum atomic E-state index is 12.2. The van der Waals surface area contributed by atoms with E-state index in [1.54, 1.807) is 0 Å². The molecule has 1 saturated heterocycles. The van der Waals surface area contributed by atoms with Crippen LogP contribution in [-0.2, 0) is 0 Å². The van der Waals surface area contributed by atoms with Gasteiger partial charge in [-0.05, 0) is 37.8 Å². The number of aryl methyl sites for hydroxylation is 1. The summed E-state index contributed by atoms with van der Waals surface area (Å²) in [7, 11) is 0. The molecule has 0 bridgehead atoms. The van der Waals surface area contributed by atoms with E-state index in [0.29, 0.717) is 12.3 Å². The van der Waals surface area contributed by atoms with E-state index in [9.17, 15) is 4.79 Å². The van der Waals surface area contributed by atoms with Gasteiger partial charge in [-0.3, -0.25) is 4.79 Å². The molecule has 1 aromatic rings. The van der Waals surface area contributed by atoms with Gasteiger partial charge in [-0.1, -0.05) is 24.3 Å². The zero-order chi connectivity index (χ0) is 13.7. The van der Waals surface area contributed by atoms with Gasteiger partial charge in [0.1, 0.15) is 0 Å². The molecule has 0 aromatic heterocycles. The number of nitrogens with zero attached hydrogens (tertiary/aromatic N) is 1. The standard InChI is InChI=1S/C16H23NO2/c1-13-4-2-3-5-15(13)16(19)7-10-17-9-6-14(12-17)8-11-18/h2-5,14,18H,6-12H2,1H3. The maximum Gasteiger partial charge on any atom is 0.164 e. The van der Waals surface area contributed by atoms with Crippen molar-refractivity contribution in [1.29, 1.82) is 0 Å². The Morgan fingerprint density at radius 3 is 2.95 bits per heavy atom. The lowest BCUT2D eigenvalue weighted by Gasteiger charge is -2.15. The number of rotatable bonds is 6. The maximum absolute atomic E-state index is 12.2. The monoisotopic (exact) mass is 261 g/mol. The fraction of sp³-hybridized carbons (Fsp3) is 0.562. The molecule has 2 rings (SSSR count). The van der Waals surface area contributed by atoms with Crippen LogP contribution in [0.5, 0.6) is 0 Å². The van der Waals surface area contributed by atoms with Gasteiger partial charge in [0.25, 0.3) is 0 Å². The van der Waals surface area contributed by atoms with Gasteiger partial charge in [-0.15, -0.1) is 0 Å². The van der Waals surface area contributed by atoms with E-state index in [4.69, 9.17) is 5.11 Å². The lowest BCUT2D eigenvalue weighted by molar-refractivity contribution is 0.0967. The van der Waals surface area contributed by atoms with Crippen LogP contribution in [-0.4, -0.2) is 42.0 Å². The SMILES string of the molecule is Cc1ccccc1C(=O)CCN1CCC(CCO)C1. The molecule has 0 spiro atoms. The summed E-state index contributed by atoms with van der Waals surface area (Å²) in [6.07, 6.45) is 2.64. The van der Waals surface area contributed by atoms with E-state index in [2.05, 4.69) is 4.90 Å². The predicted molar refractivity (Wildman–Crippen MR) is 76.4 cm³/mol. The molecule has 1 N–H and O–H groups in total. The summed E-state index contributed by atoms with van der Waals surface area (Å²) in [5, 5.41) is 8.94. The highest BCUT2D eigenvalue weighted by Crippen LogP contribution is 2.19. The number of ketones is 1. The Bertz CT molecular complexity index is 431. The Hall–Kier alpha value is -1.19. The van der Waals surface area contributed by atoms with E-state index in [1.165, 1.54) is 0 Å². The van der Waals surface area contributed by atoms with Crippen molar-refractivity contribution in [1.82, 2.24) is 4.90 Å². The second kappa shape index (κ2) is 6.83. The number of aliphatic hydroxyl groups is 1. The van der Waals surface area contributed by atoms with Gasteiger partial charge in [0.2, 0.25) is 0 Å². The Morgan fingerprint density at radius 1 is 1.42 bits per heavy atom. The number of aliphatic hydroxyl groups excluding tert-OH is 1. The largest absolute Gasteiger partial charge is 0.396 e. The quantitative estimate of drug-likeness (QED) is 0.799. The van der Waals surface area contributed by atoms with Crippen molar-refractivity contribution in [3.63, 3.8) is 0 Å². The first kappa shape index (κ1) is 14.2. The predicted octanol–water partition coefficient (Wildman–Crippen LogP) is 2.27. The van der Waals surface area contributed by atoms with E-state index < -0.39 is 0 Å². The fourth-order valence-corrected chi connectivity index (χ4v) is 2.81. The fourth-order valence-electron chi connectivity index (χ4n) is 2.81. The van der Waals surface area contributed by atoms with Crippen LogP contribution in [0, 0.1) is 12.8 Å². The van der Waals surface area contributed by atoms with Crippen LogP contribution >= 0.6 is 0 Å². The van der Waals surface area contributed by atoms with Gasteiger partial charge in [0, 0.05) is 31.7 Å². The Balaban J connectivity index is 1.80. The van der Waals surface area contributed by atoms with Crippen LogP contribution in [0.4, 0.5) is 0 Å². The Labute approximate surface area is 115 Å². The van der Waals surface area contributed by atoms with Crippen LogP contribution in [0.2, 0.25) is 0 Å².